The maximum Gasteiger partial charge on any atom is 0.0887 e. The molecule has 1 aromatic carbocycles. The molecule has 0 atom stereocenters. The third kappa shape index (κ3) is 15.2. The quantitative estimate of drug-likeness (QED) is 0.660. The number of hydrogen-bond donors (Lipinski definition) is 0. The van der Waals surface area contributed by atoms with Gasteiger partial charge in [-0.25, -0.2) is 0 Å². The lowest BCUT2D eigenvalue weighted by Crippen LogP contribution is -1.93. The Balaban J connectivity index is 0. The van der Waals surface area contributed by atoms with Crippen LogP contribution in [0.2, 0.25) is 0 Å². The monoisotopic (exact) mass is 333 g/mol. The zero-order chi connectivity index (χ0) is 18.5. The number of aromatic nitrogens is 1. The fraction of sp³-hybridized carbons (Fsp3) is 0.476. The van der Waals surface area contributed by atoms with Crippen molar-refractivity contribution >= 4 is 0 Å². The number of ether oxygens (including phenoxy) is 2. The molecule has 0 aliphatic carbocycles. The van der Waals surface area contributed by atoms with Crippen LogP contribution in [0.1, 0.15) is 52.8 Å². The normalized spacial score (nSPS) is 8.58. The summed E-state index contributed by atoms with van der Waals surface area (Å²) in [6.07, 6.45) is 1.77. The van der Waals surface area contributed by atoms with Gasteiger partial charge in [0.25, 0.3) is 0 Å². The largest absolute Gasteiger partial charge is 0.377 e. The molecule has 24 heavy (non-hydrogen) atoms. The average molecular weight is 334 g/mol. The zero-order valence-electron chi connectivity index (χ0n) is 16.3. The van der Waals surface area contributed by atoms with Gasteiger partial charge >= 0.3 is 0 Å². The van der Waals surface area contributed by atoms with Crippen LogP contribution in [-0.4, -0.2) is 18.2 Å². The number of pyridine rings is 1. The molecule has 0 radical (unpaired) electrons. The van der Waals surface area contributed by atoms with Crippen LogP contribution < -0.4 is 0 Å². The Kier molecular flexibility index (Phi) is 21.8. The summed E-state index contributed by atoms with van der Waals surface area (Å²) in [5, 5.41) is 0. The molecule has 136 valence electrons. The summed E-state index contributed by atoms with van der Waals surface area (Å²) in [6, 6.07) is 16.0. The van der Waals surface area contributed by atoms with Crippen molar-refractivity contribution in [2.75, 3.05) is 13.2 Å². The van der Waals surface area contributed by atoms with Crippen molar-refractivity contribution < 1.29 is 9.47 Å². The summed E-state index contributed by atoms with van der Waals surface area (Å²) >= 11 is 0. The molecule has 0 spiro atoms. The summed E-state index contributed by atoms with van der Waals surface area (Å²) in [4.78, 5) is 4.09. The fourth-order valence-corrected chi connectivity index (χ4v) is 1.48. The van der Waals surface area contributed by atoms with Crippen LogP contribution in [0, 0.1) is 0 Å². The summed E-state index contributed by atoms with van der Waals surface area (Å²) in [7, 11) is 0. The summed E-state index contributed by atoms with van der Waals surface area (Å²) in [5.41, 5.74) is 2.23. The number of rotatable bonds is 6. The Morgan fingerprint density at radius 3 is 1.75 bits per heavy atom. The minimum absolute atomic E-state index is 0.622. The van der Waals surface area contributed by atoms with E-state index in [0.29, 0.717) is 6.61 Å². The maximum absolute atomic E-state index is 5.22. The highest BCUT2D eigenvalue weighted by Gasteiger charge is 1.88. The van der Waals surface area contributed by atoms with E-state index in [-0.39, 0.29) is 0 Å². The summed E-state index contributed by atoms with van der Waals surface area (Å²) in [6.45, 7) is 14.9. The lowest BCUT2D eigenvalue weighted by Gasteiger charge is -1.98. The van der Waals surface area contributed by atoms with Gasteiger partial charge in [0.1, 0.15) is 0 Å². The second-order valence-electron chi connectivity index (χ2n) is 4.08. The van der Waals surface area contributed by atoms with Crippen LogP contribution in [0.25, 0.3) is 0 Å². The van der Waals surface area contributed by atoms with Crippen molar-refractivity contribution in [3.8, 4) is 0 Å². The summed E-state index contributed by atoms with van der Waals surface area (Å²) < 4.78 is 10.4. The smallest absolute Gasteiger partial charge is 0.0887 e. The van der Waals surface area contributed by atoms with Crippen molar-refractivity contribution in [2.24, 2.45) is 0 Å². The van der Waals surface area contributed by atoms with Gasteiger partial charge in [-0.3, -0.25) is 4.98 Å². The Bertz CT molecular complexity index is 389. The average Bonchev–Trinajstić information content (AvgIpc) is 2.70. The molecule has 1 aromatic heterocycles. The molecule has 0 saturated carbocycles. The SMILES string of the molecule is CC.CC.CCOCc1ccccc1.CCOCc1ccccn1. The van der Waals surface area contributed by atoms with Crippen LogP contribution in [0.3, 0.4) is 0 Å². The van der Waals surface area contributed by atoms with E-state index in [9.17, 15) is 0 Å². The zero-order valence-corrected chi connectivity index (χ0v) is 16.3. The van der Waals surface area contributed by atoms with Crippen LogP contribution in [0.4, 0.5) is 0 Å². The first-order valence-corrected chi connectivity index (χ1v) is 8.96. The molecule has 0 N–H and O–H groups in total. The standard InChI is InChI=1S/C9H12O.C8H11NO.2C2H6/c1-2-10-8-9-6-4-3-5-7-9;1-2-10-7-8-5-3-4-6-9-8;2*1-2/h3-7H,2,8H2,1H3;3-6H,2,7H2,1H3;2*1-2H3. The van der Waals surface area contributed by atoms with Gasteiger partial charge in [-0.15, -0.1) is 0 Å². The van der Waals surface area contributed by atoms with Crippen molar-refractivity contribution in [3.05, 3.63) is 66.0 Å². The molecule has 3 nitrogen and oxygen atoms in total. The molecule has 0 aliphatic heterocycles. The highest BCUT2D eigenvalue weighted by molar-refractivity contribution is 5.13. The molecule has 0 fully saturated rings. The van der Waals surface area contributed by atoms with E-state index in [4.69, 9.17) is 9.47 Å². The van der Waals surface area contributed by atoms with E-state index < -0.39 is 0 Å². The van der Waals surface area contributed by atoms with E-state index in [1.807, 2.05) is 77.9 Å². The number of hydrogen-bond acceptors (Lipinski definition) is 3. The third-order valence-electron chi connectivity index (χ3n) is 2.50. The van der Waals surface area contributed by atoms with Gasteiger partial charge in [-0.2, -0.15) is 0 Å². The second-order valence-corrected chi connectivity index (χ2v) is 4.08. The minimum Gasteiger partial charge on any atom is -0.377 e. The molecule has 0 amide bonds. The Hall–Kier alpha value is -1.71. The van der Waals surface area contributed by atoms with E-state index >= 15 is 0 Å². The first-order valence-electron chi connectivity index (χ1n) is 8.96. The van der Waals surface area contributed by atoms with Gasteiger partial charge in [0, 0.05) is 19.4 Å². The molecule has 0 saturated heterocycles. The van der Waals surface area contributed by atoms with E-state index in [0.717, 1.165) is 25.5 Å². The minimum atomic E-state index is 0.622. The van der Waals surface area contributed by atoms with E-state index in [1.54, 1.807) is 6.20 Å². The number of nitrogens with zero attached hydrogens (tertiary/aromatic N) is 1. The molecule has 0 bridgehead atoms. The van der Waals surface area contributed by atoms with Crippen LogP contribution in [0.15, 0.2) is 54.7 Å². The molecular weight excluding hydrogens is 298 g/mol. The molecule has 2 rings (SSSR count). The van der Waals surface area contributed by atoms with Gasteiger partial charge in [-0.1, -0.05) is 64.1 Å². The van der Waals surface area contributed by atoms with Gasteiger partial charge in [0.2, 0.25) is 0 Å². The Labute approximate surface area is 149 Å². The highest BCUT2D eigenvalue weighted by atomic mass is 16.5. The van der Waals surface area contributed by atoms with Gasteiger partial charge in [-0.05, 0) is 31.5 Å². The molecule has 3 heteroatoms. The first kappa shape index (κ1) is 24.5. The van der Waals surface area contributed by atoms with Crippen LogP contribution in [-0.2, 0) is 22.7 Å². The molecule has 2 aromatic rings. The Morgan fingerprint density at radius 2 is 1.25 bits per heavy atom. The predicted octanol–water partition coefficient (Wildman–Crippen LogP) is 5.89. The third-order valence-corrected chi connectivity index (χ3v) is 2.50. The maximum atomic E-state index is 5.22. The van der Waals surface area contributed by atoms with Crippen molar-refractivity contribution in [1.29, 1.82) is 0 Å². The van der Waals surface area contributed by atoms with Crippen molar-refractivity contribution in [3.63, 3.8) is 0 Å². The topological polar surface area (TPSA) is 31.4 Å². The van der Waals surface area contributed by atoms with Gasteiger partial charge in [0.15, 0.2) is 0 Å². The molecule has 1 heterocycles. The molecule has 0 aliphatic rings. The summed E-state index contributed by atoms with van der Waals surface area (Å²) in [5.74, 6) is 0. The highest BCUT2D eigenvalue weighted by Crippen LogP contribution is 1.99. The van der Waals surface area contributed by atoms with Crippen molar-refractivity contribution in [2.45, 2.75) is 54.8 Å². The van der Waals surface area contributed by atoms with E-state index in [1.165, 1.54) is 5.56 Å². The van der Waals surface area contributed by atoms with Crippen LogP contribution >= 0.6 is 0 Å². The second kappa shape index (κ2) is 21.3. The lowest BCUT2D eigenvalue weighted by molar-refractivity contribution is 0.131. The predicted molar refractivity (Wildman–Crippen MR) is 104 cm³/mol. The van der Waals surface area contributed by atoms with Gasteiger partial charge < -0.3 is 9.47 Å². The van der Waals surface area contributed by atoms with Crippen molar-refractivity contribution in [1.82, 2.24) is 4.98 Å². The first-order chi connectivity index (χ1) is 11.9. The van der Waals surface area contributed by atoms with E-state index in [2.05, 4.69) is 17.1 Å². The fourth-order valence-electron chi connectivity index (χ4n) is 1.48. The Morgan fingerprint density at radius 1 is 0.708 bits per heavy atom. The molecular formula is C21H35NO2. The lowest BCUT2D eigenvalue weighted by atomic mass is 10.2. The molecule has 0 unspecified atom stereocenters. The van der Waals surface area contributed by atoms with Gasteiger partial charge in [0.05, 0.1) is 18.9 Å². The number of benzene rings is 1. The van der Waals surface area contributed by atoms with Crippen LogP contribution in [0.5, 0.6) is 0 Å².